The van der Waals surface area contributed by atoms with Crippen LogP contribution in [-0.4, -0.2) is 64.7 Å². The van der Waals surface area contributed by atoms with Gasteiger partial charge in [-0.25, -0.2) is 4.98 Å². The van der Waals surface area contributed by atoms with Crippen LogP contribution in [0, 0.1) is 6.92 Å². The van der Waals surface area contributed by atoms with Gasteiger partial charge in [0.15, 0.2) is 0 Å². The molecule has 1 fully saturated rings. The molecule has 1 saturated heterocycles. The molecule has 0 saturated carbocycles. The summed E-state index contributed by atoms with van der Waals surface area (Å²) in [7, 11) is 1.77. The quantitative estimate of drug-likeness (QED) is 0.707. The minimum absolute atomic E-state index is 0.0608. The number of anilines is 1. The number of hydrogen-bond donors (Lipinski definition) is 2. The molecule has 0 radical (unpaired) electrons. The average Bonchev–Trinajstić information content (AvgIpc) is 2.67. The van der Waals surface area contributed by atoms with Crippen molar-refractivity contribution in [1.82, 2.24) is 14.9 Å². The van der Waals surface area contributed by atoms with E-state index in [9.17, 15) is 9.90 Å². The third-order valence-corrected chi connectivity index (χ3v) is 5.40. The molecule has 1 atom stereocenters. The number of pyridine rings is 2. The molecule has 1 amide bonds. The molecule has 0 spiro atoms. The second-order valence-electron chi connectivity index (χ2n) is 7.90. The van der Waals surface area contributed by atoms with Crippen molar-refractivity contribution in [3.63, 3.8) is 0 Å². The summed E-state index contributed by atoms with van der Waals surface area (Å²) in [5.41, 5.74) is 8.21. The number of aliphatic hydroxyl groups is 1. The van der Waals surface area contributed by atoms with E-state index in [-0.39, 0.29) is 5.91 Å². The Balaban J connectivity index is 1.73. The Morgan fingerprint density at radius 2 is 2.18 bits per heavy atom. The molecule has 3 rings (SSSR count). The van der Waals surface area contributed by atoms with Crippen LogP contribution in [0.2, 0.25) is 0 Å². The summed E-state index contributed by atoms with van der Waals surface area (Å²) in [4.78, 5) is 25.2. The second-order valence-corrected chi connectivity index (χ2v) is 7.90. The maximum atomic E-state index is 12.3. The first-order valence-corrected chi connectivity index (χ1v) is 10.1. The minimum atomic E-state index is -0.935. The van der Waals surface area contributed by atoms with Gasteiger partial charge >= 0.3 is 0 Å². The predicted molar refractivity (Wildman–Crippen MR) is 111 cm³/mol. The van der Waals surface area contributed by atoms with E-state index in [0.29, 0.717) is 32.5 Å². The predicted octanol–water partition coefficient (Wildman–Crippen LogP) is 1.86. The number of nitrogens with two attached hydrogens (primary N) is 1. The van der Waals surface area contributed by atoms with E-state index in [2.05, 4.69) is 14.9 Å². The molecular formula is C21H31N5O2. The van der Waals surface area contributed by atoms with Gasteiger partial charge in [0.05, 0.1) is 23.3 Å². The fourth-order valence-corrected chi connectivity index (χ4v) is 3.95. The molecule has 0 aromatic carbocycles. The van der Waals surface area contributed by atoms with Crippen molar-refractivity contribution in [3.05, 3.63) is 30.1 Å². The molecule has 2 aromatic rings. The number of carbonyl (C=O) groups is 1. The average molecular weight is 386 g/mol. The number of piperidine rings is 1. The zero-order valence-electron chi connectivity index (χ0n) is 16.9. The van der Waals surface area contributed by atoms with Crippen molar-refractivity contribution >= 4 is 22.6 Å². The summed E-state index contributed by atoms with van der Waals surface area (Å²) >= 11 is 0. The monoisotopic (exact) mass is 385 g/mol. The lowest BCUT2D eigenvalue weighted by Crippen LogP contribution is -2.54. The number of carbonyl (C=O) groups excluding carboxylic acids is 1. The van der Waals surface area contributed by atoms with Crippen LogP contribution >= 0.6 is 0 Å². The molecule has 0 aliphatic carbocycles. The van der Waals surface area contributed by atoms with Crippen LogP contribution in [0.15, 0.2) is 24.4 Å². The van der Waals surface area contributed by atoms with Crippen LogP contribution in [-0.2, 0) is 4.79 Å². The van der Waals surface area contributed by atoms with Crippen molar-refractivity contribution < 1.29 is 9.90 Å². The van der Waals surface area contributed by atoms with Gasteiger partial charge in [-0.2, -0.15) is 0 Å². The SMILES string of the molecule is Cc1ccc2nccc(N3CCCC(O)(CN(C)C(=O)CCCCN)C3)c2n1. The van der Waals surface area contributed by atoms with Crippen molar-refractivity contribution in [2.24, 2.45) is 5.73 Å². The Labute approximate surface area is 166 Å². The Morgan fingerprint density at radius 3 is 2.96 bits per heavy atom. The Kier molecular flexibility index (Phi) is 6.46. The summed E-state index contributed by atoms with van der Waals surface area (Å²) in [6.07, 6.45) is 5.44. The van der Waals surface area contributed by atoms with Crippen LogP contribution in [0.25, 0.3) is 11.0 Å². The highest BCUT2D eigenvalue weighted by Gasteiger charge is 2.36. The van der Waals surface area contributed by atoms with E-state index in [0.717, 1.165) is 48.2 Å². The van der Waals surface area contributed by atoms with Gasteiger partial charge in [-0.3, -0.25) is 9.78 Å². The van der Waals surface area contributed by atoms with Crippen molar-refractivity contribution in [2.75, 3.05) is 38.1 Å². The van der Waals surface area contributed by atoms with Gasteiger partial charge in [-0.1, -0.05) is 0 Å². The van der Waals surface area contributed by atoms with Gasteiger partial charge in [0, 0.05) is 38.4 Å². The topological polar surface area (TPSA) is 95.6 Å². The number of likely N-dealkylation sites (N-methyl/N-ethyl adjacent to an activating group) is 1. The van der Waals surface area contributed by atoms with E-state index >= 15 is 0 Å². The van der Waals surface area contributed by atoms with Gasteiger partial charge < -0.3 is 20.6 Å². The van der Waals surface area contributed by atoms with Crippen molar-refractivity contribution in [2.45, 2.75) is 44.6 Å². The largest absolute Gasteiger partial charge is 0.386 e. The number of rotatable bonds is 7. The zero-order chi connectivity index (χ0) is 20.1. The number of hydrogen-bond acceptors (Lipinski definition) is 6. The number of amides is 1. The summed E-state index contributed by atoms with van der Waals surface area (Å²) in [5, 5.41) is 11.2. The third kappa shape index (κ3) is 4.77. The smallest absolute Gasteiger partial charge is 0.222 e. The highest BCUT2D eigenvalue weighted by Crippen LogP contribution is 2.30. The molecule has 152 valence electrons. The molecule has 7 heteroatoms. The van der Waals surface area contributed by atoms with Gasteiger partial charge in [-0.05, 0) is 57.4 Å². The first-order valence-electron chi connectivity index (χ1n) is 10.1. The number of aryl methyl sites for hydroxylation is 1. The molecule has 1 aliphatic heterocycles. The fourth-order valence-electron chi connectivity index (χ4n) is 3.95. The number of fused-ring (bicyclic) bond motifs is 1. The Bertz CT molecular complexity index is 828. The highest BCUT2D eigenvalue weighted by atomic mass is 16.3. The van der Waals surface area contributed by atoms with E-state index in [1.807, 2.05) is 25.1 Å². The number of unbranched alkanes of at least 4 members (excludes halogenated alkanes) is 1. The summed E-state index contributed by atoms with van der Waals surface area (Å²) in [5.74, 6) is 0.0608. The third-order valence-electron chi connectivity index (χ3n) is 5.40. The van der Waals surface area contributed by atoms with Crippen LogP contribution in [0.1, 0.15) is 37.8 Å². The first-order chi connectivity index (χ1) is 13.4. The molecular weight excluding hydrogens is 354 g/mol. The summed E-state index contributed by atoms with van der Waals surface area (Å²) in [6.45, 7) is 4.23. The van der Waals surface area contributed by atoms with Crippen molar-refractivity contribution in [1.29, 1.82) is 0 Å². The standard InChI is InChI=1S/C21H31N5O2/c1-16-7-8-17-20(24-16)18(9-12-23-17)26-13-5-10-21(28,15-26)14-25(2)19(27)6-3-4-11-22/h7-9,12,28H,3-6,10-11,13-15,22H2,1-2H3. The maximum Gasteiger partial charge on any atom is 0.222 e. The molecule has 28 heavy (non-hydrogen) atoms. The summed E-state index contributed by atoms with van der Waals surface area (Å²) in [6, 6.07) is 5.89. The van der Waals surface area contributed by atoms with Gasteiger partial charge in [0.25, 0.3) is 0 Å². The molecule has 0 bridgehead atoms. The Hall–Kier alpha value is -2.25. The van der Waals surface area contributed by atoms with E-state index in [4.69, 9.17) is 5.73 Å². The van der Waals surface area contributed by atoms with Gasteiger partial charge in [0.1, 0.15) is 5.52 Å². The lowest BCUT2D eigenvalue weighted by atomic mass is 9.91. The molecule has 1 unspecified atom stereocenters. The van der Waals surface area contributed by atoms with E-state index < -0.39 is 5.60 Å². The normalized spacial score (nSPS) is 19.8. The lowest BCUT2D eigenvalue weighted by molar-refractivity contribution is -0.133. The van der Waals surface area contributed by atoms with E-state index in [1.54, 1.807) is 18.1 Å². The number of aromatic nitrogens is 2. The molecule has 2 aromatic heterocycles. The molecule has 3 heterocycles. The highest BCUT2D eigenvalue weighted by molar-refractivity contribution is 5.88. The van der Waals surface area contributed by atoms with E-state index in [1.165, 1.54) is 0 Å². The fraction of sp³-hybridized carbons (Fsp3) is 0.571. The van der Waals surface area contributed by atoms with Crippen LogP contribution in [0.5, 0.6) is 0 Å². The van der Waals surface area contributed by atoms with Crippen LogP contribution < -0.4 is 10.6 Å². The maximum absolute atomic E-state index is 12.3. The lowest BCUT2D eigenvalue weighted by Gasteiger charge is -2.42. The van der Waals surface area contributed by atoms with Crippen molar-refractivity contribution in [3.8, 4) is 0 Å². The molecule has 3 N–H and O–H groups in total. The molecule has 7 nitrogen and oxygen atoms in total. The Morgan fingerprint density at radius 1 is 1.36 bits per heavy atom. The number of nitrogens with zero attached hydrogens (tertiary/aromatic N) is 4. The van der Waals surface area contributed by atoms with Gasteiger partial charge in [-0.15, -0.1) is 0 Å². The summed E-state index contributed by atoms with van der Waals surface area (Å²) < 4.78 is 0. The number of β-amino-alcohol motifs (C(OH)–C–C–N with tert-alkyl or cyclic N) is 1. The van der Waals surface area contributed by atoms with Gasteiger partial charge in [0.2, 0.25) is 5.91 Å². The minimum Gasteiger partial charge on any atom is -0.386 e. The molecule has 1 aliphatic rings. The van der Waals surface area contributed by atoms with Crippen LogP contribution in [0.3, 0.4) is 0 Å². The van der Waals surface area contributed by atoms with Crippen LogP contribution in [0.4, 0.5) is 5.69 Å². The first kappa shape index (κ1) is 20.5. The second kappa shape index (κ2) is 8.84. The zero-order valence-corrected chi connectivity index (χ0v) is 16.9.